The Kier molecular flexibility index (Phi) is 5.18. The van der Waals surface area contributed by atoms with Crippen LogP contribution in [0.3, 0.4) is 0 Å². The van der Waals surface area contributed by atoms with Crippen molar-refractivity contribution in [1.82, 2.24) is 4.98 Å². The number of alkyl halides is 6. The summed E-state index contributed by atoms with van der Waals surface area (Å²) >= 11 is 0. The molecule has 0 unspecified atom stereocenters. The quantitative estimate of drug-likeness (QED) is 0.580. The molecule has 0 radical (unpaired) electrons. The number of aromatic amines is 1. The first-order valence-electron chi connectivity index (χ1n) is 7.87. The Morgan fingerprint density at radius 3 is 2.27 bits per heavy atom. The van der Waals surface area contributed by atoms with Crippen LogP contribution in [0.4, 0.5) is 32.0 Å². The highest BCUT2D eigenvalue weighted by atomic mass is 32.2. The molecule has 0 bridgehead atoms. The SMILES string of the molecule is O=c1cc(C(F)(F)F)c2cc(S(=O)(=O)Nc3cccc(OC(F)(F)F)c3)ccc2[nH]1. The van der Waals surface area contributed by atoms with Crippen molar-refractivity contribution in [3.63, 3.8) is 0 Å². The van der Waals surface area contributed by atoms with Crippen molar-refractivity contribution < 1.29 is 39.5 Å². The number of fused-ring (bicyclic) bond motifs is 1. The van der Waals surface area contributed by atoms with Crippen LogP contribution in [0.25, 0.3) is 10.9 Å². The van der Waals surface area contributed by atoms with E-state index >= 15 is 0 Å². The van der Waals surface area contributed by atoms with Crippen molar-refractivity contribution in [3.8, 4) is 5.75 Å². The summed E-state index contributed by atoms with van der Waals surface area (Å²) in [6.45, 7) is 0. The molecule has 1 heterocycles. The first-order valence-corrected chi connectivity index (χ1v) is 9.36. The van der Waals surface area contributed by atoms with E-state index in [0.29, 0.717) is 12.1 Å². The van der Waals surface area contributed by atoms with Gasteiger partial charge in [0.1, 0.15) is 5.75 Å². The normalized spacial score (nSPS) is 12.7. The van der Waals surface area contributed by atoms with E-state index in [1.54, 1.807) is 0 Å². The number of halogens is 6. The molecule has 0 aliphatic heterocycles. The van der Waals surface area contributed by atoms with E-state index in [1.165, 1.54) is 0 Å². The van der Waals surface area contributed by atoms with E-state index in [1.807, 2.05) is 4.72 Å². The van der Waals surface area contributed by atoms with Crippen LogP contribution in [-0.4, -0.2) is 19.8 Å². The fourth-order valence-electron chi connectivity index (χ4n) is 2.61. The second-order valence-electron chi connectivity index (χ2n) is 5.93. The lowest BCUT2D eigenvalue weighted by Gasteiger charge is -2.13. The molecule has 0 fully saturated rings. The number of nitrogens with one attached hydrogen (secondary N) is 2. The molecule has 0 spiro atoms. The van der Waals surface area contributed by atoms with Gasteiger partial charge >= 0.3 is 12.5 Å². The number of rotatable bonds is 4. The largest absolute Gasteiger partial charge is 0.573 e. The fraction of sp³-hybridized carbons (Fsp3) is 0.118. The van der Waals surface area contributed by atoms with Crippen molar-refractivity contribution in [2.24, 2.45) is 0 Å². The monoisotopic (exact) mass is 452 g/mol. The van der Waals surface area contributed by atoms with Gasteiger partial charge in [-0.25, -0.2) is 8.42 Å². The molecule has 1 aromatic heterocycles. The van der Waals surface area contributed by atoms with E-state index in [4.69, 9.17) is 0 Å². The zero-order valence-electron chi connectivity index (χ0n) is 14.4. The fourth-order valence-corrected chi connectivity index (χ4v) is 3.68. The van der Waals surface area contributed by atoms with Crippen LogP contribution in [0.1, 0.15) is 5.56 Å². The summed E-state index contributed by atoms with van der Waals surface area (Å²) in [5, 5.41) is -0.570. The average Bonchev–Trinajstić information content (AvgIpc) is 2.58. The molecule has 0 atom stereocenters. The van der Waals surface area contributed by atoms with E-state index in [-0.39, 0.29) is 11.2 Å². The third-order valence-corrected chi connectivity index (χ3v) is 5.13. The number of pyridine rings is 1. The molecule has 0 aliphatic rings. The molecule has 2 aromatic carbocycles. The van der Waals surface area contributed by atoms with Crippen LogP contribution in [-0.2, 0) is 16.2 Å². The van der Waals surface area contributed by atoms with Gasteiger partial charge in [0.25, 0.3) is 10.0 Å². The zero-order valence-corrected chi connectivity index (χ0v) is 15.2. The predicted molar refractivity (Wildman–Crippen MR) is 93.5 cm³/mol. The van der Waals surface area contributed by atoms with Gasteiger partial charge in [0, 0.05) is 23.0 Å². The summed E-state index contributed by atoms with van der Waals surface area (Å²) in [5.74, 6) is -0.696. The Morgan fingerprint density at radius 2 is 1.63 bits per heavy atom. The summed E-state index contributed by atoms with van der Waals surface area (Å²) < 4.78 is 107. The standard InChI is InChI=1S/C17H10F6N2O4S/c18-16(19,20)13-8-15(26)24-14-5-4-11(7-12(13)14)30(27,28)25-9-2-1-3-10(6-9)29-17(21,22)23/h1-8,25H,(H,24,26). The van der Waals surface area contributed by atoms with Gasteiger partial charge in [0.2, 0.25) is 5.56 Å². The van der Waals surface area contributed by atoms with Crippen LogP contribution in [0.5, 0.6) is 5.75 Å². The number of aromatic nitrogens is 1. The maximum atomic E-state index is 13.2. The van der Waals surface area contributed by atoms with Crippen molar-refractivity contribution in [3.05, 3.63) is 64.4 Å². The second kappa shape index (κ2) is 7.23. The van der Waals surface area contributed by atoms with E-state index < -0.39 is 49.7 Å². The zero-order chi connectivity index (χ0) is 22.3. The highest BCUT2D eigenvalue weighted by Gasteiger charge is 2.34. The number of hydrogen-bond donors (Lipinski definition) is 2. The van der Waals surface area contributed by atoms with E-state index in [0.717, 1.165) is 36.4 Å². The summed E-state index contributed by atoms with van der Waals surface area (Å²) in [5.41, 5.74) is -2.91. The minimum Gasteiger partial charge on any atom is -0.406 e. The molecule has 0 saturated carbocycles. The van der Waals surface area contributed by atoms with Crippen LogP contribution in [0, 0.1) is 0 Å². The number of anilines is 1. The Balaban J connectivity index is 2.02. The lowest BCUT2D eigenvalue weighted by molar-refractivity contribution is -0.274. The van der Waals surface area contributed by atoms with Crippen LogP contribution >= 0.6 is 0 Å². The van der Waals surface area contributed by atoms with Gasteiger partial charge in [-0.2, -0.15) is 13.2 Å². The van der Waals surface area contributed by atoms with Gasteiger partial charge in [-0.1, -0.05) is 6.07 Å². The molecule has 2 N–H and O–H groups in total. The molecule has 6 nitrogen and oxygen atoms in total. The third kappa shape index (κ3) is 4.84. The maximum Gasteiger partial charge on any atom is 0.573 e. The first-order chi connectivity index (χ1) is 13.7. The minimum absolute atomic E-state index is 0.241. The summed E-state index contributed by atoms with van der Waals surface area (Å²) in [4.78, 5) is 13.0. The molecule has 0 amide bonds. The van der Waals surface area contributed by atoms with Crippen molar-refractivity contribution in [2.75, 3.05) is 4.72 Å². The summed E-state index contributed by atoms with van der Waals surface area (Å²) in [6, 6.07) is 6.82. The van der Waals surface area contributed by atoms with Gasteiger partial charge < -0.3 is 9.72 Å². The van der Waals surface area contributed by atoms with Crippen molar-refractivity contribution in [2.45, 2.75) is 17.4 Å². The molecular formula is C17H10F6N2O4S. The number of sulfonamides is 1. The highest BCUT2D eigenvalue weighted by molar-refractivity contribution is 7.92. The second-order valence-corrected chi connectivity index (χ2v) is 7.62. The van der Waals surface area contributed by atoms with Crippen LogP contribution in [0.2, 0.25) is 0 Å². The topological polar surface area (TPSA) is 88.3 Å². The molecule has 0 aliphatic carbocycles. The third-order valence-electron chi connectivity index (χ3n) is 3.75. The summed E-state index contributed by atoms with van der Waals surface area (Å²) in [7, 11) is -4.48. The number of H-pyrrole nitrogens is 1. The molecule has 160 valence electrons. The predicted octanol–water partition coefficient (Wildman–Crippen LogP) is 4.25. The minimum atomic E-state index is -5.00. The summed E-state index contributed by atoms with van der Waals surface area (Å²) in [6.07, 6.45) is -9.92. The Hall–Kier alpha value is -3.22. The van der Waals surface area contributed by atoms with Gasteiger partial charge in [0.15, 0.2) is 0 Å². The molecule has 13 heteroatoms. The van der Waals surface area contributed by atoms with E-state index in [2.05, 4.69) is 9.72 Å². The van der Waals surface area contributed by atoms with Crippen LogP contribution in [0.15, 0.2) is 58.2 Å². The number of benzene rings is 2. The molecule has 3 aromatic rings. The Morgan fingerprint density at radius 1 is 0.933 bits per heavy atom. The lowest BCUT2D eigenvalue weighted by atomic mass is 10.1. The molecule has 30 heavy (non-hydrogen) atoms. The van der Waals surface area contributed by atoms with Gasteiger partial charge in [-0.3, -0.25) is 9.52 Å². The Labute approximate surface area is 164 Å². The van der Waals surface area contributed by atoms with Gasteiger partial charge in [-0.05, 0) is 30.3 Å². The molecule has 0 saturated heterocycles. The van der Waals surface area contributed by atoms with Crippen molar-refractivity contribution in [1.29, 1.82) is 0 Å². The van der Waals surface area contributed by atoms with E-state index in [9.17, 15) is 39.6 Å². The van der Waals surface area contributed by atoms with Gasteiger partial charge in [0.05, 0.1) is 16.1 Å². The van der Waals surface area contributed by atoms with Gasteiger partial charge in [-0.15, -0.1) is 13.2 Å². The molecule has 3 rings (SSSR count). The smallest absolute Gasteiger partial charge is 0.406 e. The number of ether oxygens (including phenoxy) is 1. The van der Waals surface area contributed by atoms with Crippen molar-refractivity contribution >= 4 is 26.6 Å². The average molecular weight is 452 g/mol. The first kappa shape index (κ1) is 21.5. The lowest BCUT2D eigenvalue weighted by Crippen LogP contribution is -2.18. The number of hydrogen-bond acceptors (Lipinski definition) is 4. The molecular weight excluding hydrogens is 442 g/mol. The van der Waals surface area contributed by atoms with Crippen LogP contribution < -0.4 is 15.0 Å². The Bertz CT molecular complexity index is 1270. The highest BCUT2D eigenvalue weighted by Crippen LogP contribution is 2.34. The maximum absolute atomic E-state index is 13.2.